The van der Waals surface area contributed by atoms with Gasteiger partial charge in [0.25, 0.3) is 5.91 Å². The molecule has 2 heterocycles. The zero-order chi connectivity index (χ0) is 21.8. The van der Waals surface area contributed by atoms with Gasteiger partial charge in [-0.1, -0.05) is 77.5 Å². The van der Waals surface area contributed by atoms with Crippen LogP contribution >= 0.6 is 47.2 Å². The van der Waals surface area contributed by atoms with Gasteiger partial charge in [0, 0.05) is 23.0 Å². The summed E-state index contributed by atoms with van der Waals surface area (Å²) in [5.74, 6) is 0.414. The Morgan fingerprint density at radius 2 is 1.94 bits per heavy atom. The topological polar surface area (TPSA) is 42.4 Å². The standard InChI is InChI=1S/C23H16Cl2N2O2S2/c24-18-6-2-1-5-17(18)14-29-20-8-7-15(10-19(20)25)11-21-22(28)27(23(30)31-21)13-16-4-3-9-26-12-16/h1-12H,13-14H2/b21-11-. The van der Waals surface area contributed by atoms with Crippen molar-refractivity contribution in [3.63, 3.8) is 0 Å². The van der Waals surface area contributed by atoms with E-state index in [4.69, 9.17) is 40.2 Å². The number of hydrogen-bond donors (Lipinski definition) is 0. The van der Waals surface area contributed by atoms with E-state index in [-0.39, 0.29) is 5.91 Å². The summed E-state index contributed by atoms with van der Waals surface area (Å²) >= 11 is 19.2. The number of ether oxygens (including phenoxy) is 1. The molecule has 0 saturated carbocycles. The van der Waals surface area contributed by atoms with Crippen molar-refractivity contribution >= 4 is 63.5 Å². The summed E-state index contributed by atoms with van der Waals surface area (Å²) in [7, 11) is 0. The minimum absolute atomic E-state index is 0.131. The molecular weight excluding hydrogens is 471 g/mol. The number of thiocarbonyl (C=S) groups is 1. The molecule has 0 aliphatic carbocycles. The molecule has 1 amide bonds. The first-order valence-electron chi connectivity index (χ1n) is 9.31. The van der Waals surface area contributed by atoms with Crippen LogP contribution in [0, 0.1) is 0 Å². The first-order chi connectivity index (χ1) is 15.0. The van der Waals surface area contributed by atoms with Crippen LogP contribution in [0.4, 0.5) is 0 Å². The van der Waals surface area contributed by atoms with Gasteiger partial charge in [0.15, 0.2) is 0 Å². The zero-order valence-electron chi connectivity index (χ0n) is 16.1. The zero-order valence-corrected chi connectivity index (χ0v) is 19.3. The van der Waals surface area contributed by atoms with Gasteiger partial charge in [-0.05, 0) is 41.5 Å². The normalized spacial score (nSPS) is 15.0. The molecule has 1 aliphatic rings. The molecule has 0 bridgehead atoms. The second kappa shape index (κ2) is 9.83. The second-order valence-corrected chi connectivity index (χ2v) is 9.19. The maximum absolute atomic E-state index is 12.8. The number of amides is 1. The summed E-state index contributed by atoms with van der Waals surface area (Å²) in [6.07, 6.45) is 5.20. The van der Waals surface area contributed by atoms with Crippen molar-refractivity contribution in [1.29, 1.82) is 0 Å². The van der Waals surface area contributed by atoms with Gasteiger partial charge < -0.3 is 4.74 Å². The molecule has 0 radical (unpaired) electrons. The fraction of sp³-hybridized carbons (Fsp3) is 0.0870. The number of aromatic nitrogens is 1. The van der Waals surface area contributed by atoms with E-state index in [2.05, 4.69) is 4.98 Å². The lowest BCUT2D eigenvalue weighted by molar-refractivity contribution is -0.122. The summed E-state index contributed by atoms with van der Waals surface area (Å²) in [6, 6.07) is 16.6. The van der Waals surface area contributed by atoms with Crippen molar-refractivity contribution in [2.75, 3.05) is 0 Å². The lowest BCUT2D eigenvalue weighted by atomic mass is 10.2. The third kappa shape index (κ3) is 5.28. The predicted molar refractivity (Wildman–Crippen MR) is 130 cm³/mol. The molecule has 3 aromatic rings. The lowest BCUT2D eigenvalue weighted by Gasteiger charge is -2.13. The Labute approximate surface area is 199 Å². The summed E-state index contributed by atoms with van der Waals surface area (Å²) in [4.78, 5) is 19.0. The van der Waals surface area contributed by atoms with E-state index in [0.29, 0.717) is 38.2 Å². The monoisotopic (exact) mass is 486 g/mol. The quantitative estimate of drug-likeness (QED) is 0.299. The van der Waals surface area contributed by atoms with Crippen LogP contribution in [0.2, 0.25) is 10.0 Å². The van der Waals surface area contributed by atoms with Gasteiger partial charge in [-0.15, -0.1) is 0 Å². The number of thioether (sulfide) groups is 1. The predicted octanol–water partition coefficient (Wildman–Crippen LogP) is 6.37. The fourth-order valence-electron chi connectivity index (χ4n) is 2.96. The Morgan fingerprint density at radius 1 is 1.10 bits per heavy atom. The molecule has 1 aromatic heterocycles. The minimum atomic E-state index is -0.131. The van der Waals surface area contributed by atoms with Crippen LogP contribution in [0.1, 0.15) is 16.7 Å². The van der Waals surface area contributed by atoms with Gasteiger partial charge in [-0.2, -0.15) is 0 Å². The van der Waals surface area contributed by atoms with Crippen molar-refractivity contribution in [2.45, 2.75) is 13.2 Å². The number of benzene rings is 2. The van der Waals surface area contributed by atoms with E-state index in [9.17, 15) is 4.79 Å². The molecule has 0 N–H and O–H groups in total. The van der Waals surface area contributed by atoms with Crippen LogP contribution in [-0.2, 0) is 17.9 Å². The minimum Gasteiger partial charge on any atom is -0.487 e. The Bertz CT molecular complexity index is 1170. The molecule has 31 heavy (non-hydrogen) atoms. The maximum Gasteiger partial charge on any atom is 0.266 e. The van der Waals surface area contributed by atoms with Crippen molar-refractivity contribution in [1.82, 2.24) is 9.88 Å². The van der Waals surface area contributed by atoms with Gasteiger partial charge in [-0.3, -0.25) is 14.7 Å². The molecule has 4 nitrogen and oxygen atoms in total. The molecule has 0 spiro atoms. The van der Waals surface area contributed by atoms with E-state index >= 15 is 0 Å². The van der Waals surface area contributed by atoms with E-state index in [1.54, 1.807) is 35.5 Å². The van der Waals surface area contributed by atoms with Crippen LogP contribution in [0.25, 0.3) is 6.08 Å². The molecule has 2 aromatic carbocycles. The van der Waals surface area contributed by atoms with Crippen LogP contribution < -0.4 is 4.74 Å². The van der Waals surface area contributed by atoms with E-state index in [1.165, 1.54) is 11.8 Å². The van der Waals surface area contributed by atoms with Gasteiger partial charge in [-0.25, -0.2) is 0 Å². The van der Waals surface area contributed by atoms with E-state index in [1.807, 2.05) is 42.5 Å². The molecule has 0 atom stereocenters. The second-order valence-electron chi connectivity index (χ2n) is 6.70. The number of carbonyl (C=O) groups is 1. The molecule has 8 heteroatoms. The lowest BCUT2D eigenvalue weighted by Crippen LogP contribution is -2.27. The van der Waals surface area contributed by atoms with Crippen molar-refractivity contribution in [3.05, 3.63) is 98.6 Å². The molecular formula is C23H16Cl2N2O2S2. The molecule has 1 aliphatic heterocycles. The Kier molecular flexibility index (Phi) is 6.92. The molecule has 4 rings (SSSR count). The Balaban J connectivity index is 1.46. The van der Waals surface area contributed by atoms with Crippen LogP contribution in [0.15, 0.2) is 71.9 Å². The first kappa shape index (κ1) is 21.8. The maximum atomic E-state index is 12.8. The molecule has 1 fully saturated rings. The van der Waals surface area contributed by atoms with Gasteiger partial charge in [0.05, 0.1) is 16.5 Å². The largest absolute Gasteiger partial charge is 0.487 e. The number of pyridine rings is 1. The van der Waals surface area contributed by atoms with E-state index in [0.717, 1.165) is 16.7 Å². The molecule has 0 unspecified atom stereocenters. The van der Waals surface area contributed by atoms with Crippen molar-refractivity contribution in [3.8, 4) is 5.75 Å². The summed E-state index contributed by atoms with van der Waals surface area (Å²) in [6.45, 7) is 0.706. The van der Waals surface area contributed by atoms with Crippen molar-refractivity contribution < 1.29 is 9.53 Å². The van der Waals surface area contributed by atoms with Gasteiger partial charge >= 0.3 is 0 Å². The Hall–Kier alpha value is -2.38. The van der Waals surface area contributed by atoms with Gasteiger partial charge in [0.1, 0.15) is 16.7 Å². The number of nitrogens with zero attached hydrogens (tertiary/aromatic N) is 2. The summed E-state index contributed by atoms with van der Waals surface area (Å²) in [5.41, 5.74) is 2.58. The highest BCUT2D eigenvalue weighted by Crippen LogP contribution is 2.35. The van der Waals surface area contributed by atoms with Gasteiger partial charge in [0.2, 0.25) is 0 Å². The highest BCUT2D eigenvalue weighted by atomic mass is 35.5. The van der Waals surface area contributed by atoms with E-state index < -0.39 is 0 Å². The first-order valence-corrected chi connectivity index (χ1v) is 11.3. The average molecular weight is 487 g/mol. The number of rotatable bonds is 6. The van der Waals surface area contributed by atoms with Crippen LogP contribution in [-0.4, -0.2) is 20.1 Å². The average Bonchev–Trinajstić information content (AvgIpc) is 3.02. The Morgan fingerprint density at radius 3 is 2.68 bits per heavy atom. The highest BCUT2D eigenvalue weighted by molar-refractivity contribution is 8.26. The number of hydrogen-bond acceptors (Lipinski definition) is 5. The summed E-state index contributed by atoms with van der Waals surface area (Å²) < 4.78 is 6.33. The third-order valence-corrected chi connectivity index (χ3v) is 6.57. The molecule has 1 saturated heterocycles. The van der Waals surface area contributed by atoms with Crippen LogP contribution in [0.3, 0.4) is 0 Å². The fourth-order valence-corrected chi connectivity index (χ4v) is 4.65. The highest BCUT2D eigenvalue weighted by Gasteiger charge is 2.32. The third-order valence-electron chi connectivity index (χ3n) is 4.53. The van der Waals surface area contributed by atoms with Crippen molar-refractivity contribution in [2.24, 2.45) is 0 Å². The number of carbonyl (C=O) groups excluding carboxylic acids is 1. The SMILES string of the molecule is O=C1/C(=C/c2ccc(OCc3ccccc3Cl)c(Cl)c2)SC(=S)N1Cc1cccnc1. The number of halogens is 2. The molecule has 156 valence electrons. The summed E-state index contributed by atoms with van der Waals surface area (Å²) in [5, 5.41) is 1.09. The van der Waals surface area contributed by atoms with Crippen LogP contribution in [0.5, 0.6) is 5.75 Å². The smallest absolute Gasteiger partial charge is 0.266 e.